The number of esters is 1. The van der Waals surface area contributed by atoms with E-state index in [0.29, 0.717) is 13.0 Å². The van der Waals surface area contributed by atoms with Gasteiger partial charge in [-0.2, -0.15) is 0 Å². The fraction of sp³-hybridized carbons (Fsp3) is 0.958. The predicted octanol–water partition coefficient (Wildman–Crippen LogP) is 6.31. The maximum atomic E-state index is 13.6. The predicted molar refractivity (Wildman–Crippen MR) is 119 cm³/mol. The molecule has 0 aliphatic rings. The summed E-state index contributed by atoms with van der Waals surface area (Å²) in [6.45, 7) is 27.8. The quantitative estimate of drug-likeness (QED) is 0.345. The number of hydrogen-bond donors (Lipinski definition) is 1. The van der Waals surface area contributed by atoms with Crippen LogP contribution in [0.4, 0.5) is 0 Å². The molecule has 0 radical (unpaired) electrons. The Hall–Kier alpha value is -0.610. The van der Waals surface area contributed by atoms with Crippen LogP contribution in [0, 0.1) is 21.7 Å². The summed E-state index contributed by atoms with van der Waals surface area (Å²) < 4.78 is 11.8. The van der Waals surface area contributed by atoms with Crippen LogP contribution in [0.25, 0.3) is 0 Å². The van der Waals surface area contributed by atoms with Crippen molar-refractivity contribution in [3.63, 3.8) is 0 Å². The molecule has 0 saturated carbocycles. The third-order valence-corrected chi connectivity index (χ3v) is 6.84. The van der Waals surface area contributed by atoms with E-state index in [0.717, 1.165) is 12.8 Å². The molecule has 4 heteroatoms. The first-order chi connectivity index (χ1) is 12.1. The zero-order chi connectivity index (χ0) is 22.8. The van der Waals surface area contributed by atoms with Crippen LogP contribution in [0.15, 0.2) is 0 Å². The summed E-state index contributed by atoms with van der Waals surface area (Å²) >= 11 is 0. The van der Waals surface area contributed by atoms with Crippen molar-refractivity contribution in [2.24, 2.45) is 27.4 Å². The van der Waals surface area contributed by atoms with Crippen LogP contribution in [0.2, 0.25) is 0 Å². The molecule has 0 fully saturated rings. The van der Waals surface area contributed by atoms with Gasteiger partial charge in [0.2, 0.25) is 0 Å². The Balaban J connectivity index is 5.72. The van der Waals surface area contributed by atoms with Gasteiger partial charge in [0.15, 0.2) is 0 Å². The van der Waals surface area contributed by atoms with Gasteiger partial charge in [0.25, 0.3) is 0 Å². The second-order valence-electron chi connectivity index (χ2n) is 12.3. The molecular weight excluding hydrogens is 350 g/mol. The third kappa shape index (κ3) is 7.33. The summed E-state index contributed by atoms with van der Waals surface area (Å²) in [4.78, 5) is 13.6. The summed E-state index contributed by atoms with van der Waals surface area (Å²) in [6.07, 6.45) is 2.36. The Morgan fingerprint density at radius 2 is 1.32 bits per heavy atom. The Kier molecular flexibility index (Phi) is 8.45. The molecule has 0 aromatic carbocycles. The second-order valence-corrected chi connectivity index (χ2v) is 12.3. The first kappa shape index (κ1) is 27.4. The highest BCUT2D eigenvalue weighted by Crippen LogP contribution is 2.57. The van der Waals surface area contributed by atoms with Crippen molar-refractivity contribution >= 4 is 5.97 Å². The molecule has 0 aromatic rings. The van der Waals surface area contributed by atoms with Gasteiger partial charge in [-0.25, -0.2) is 0 Å². The lowest BCUT2D eigenvalue weighted by molar-refractivity contribution is -0.188. The zero-order valence-corrected chi connectivity index (χ0v) is 21.1. The molecule has 0 bridgehead atoms. The van der Waals surface area contributed by atoms with Crippen LogP contribution in [-0.4, -0.2) is 23.9 Å². The van der Waals surface area contributed by atoms with E-state index >= 15 is 0 Å². The Labute approximate surface area is 175 Å². The standard InChI is InChI=1S/C24H49NO3/c1-14-20(5,6)22(9,10)24(13,17-19(2,3)4)18(26)28-21(7,8)15-16-27-23(11,12)25/h14-17,25H2,1-13H3. The van der Waals surface area contributed by atoms with Crippen LogP contribution in [0.3, 0.4) is 0 Å². The maximum absolute atomic E-state index is 13.6. The lowest BCUT2D eigenvalue weighted by atomic mass is 9.50. The summed E-state index contributed by atoms with van der Waals surface area (Å²) in [5.41, 5.74) is 3.73. The smallest absolute Gasteiger partial charge is 0.312 e. The highest BCUT2D eigenvalue weighted by Gasteiger charge is 2.56. The minimum atomic E-state index is -0.687. The van der Waals surface area contributed by atoms with E-state index in [4.69, 9.17) is 15.2 Å². The molecule has 0 saturated heterocycles. The molecule has 0 aliphatic heterocycles. The van der Waals surface area contributed by atoms with Gasteiger partial charge in [0, 0.05) is 6.42 Å². The van der Waals surface area contributed by atoms with Gasteiger partial charge in [-0.1, -0.05) is 61.8 Å². The summed E-state index contributed by atoms with van der Waals surface area (Å²) in [7, 11) is 0. The van der Waals surface area contributed by atoms with E-state index in [1.165, 1.54) is 0 Å². The molecule has 4 nitrogen and oxygen atoms in total. The van der Waals surface area contributed by atoms with E-state index in [9.17, 15) is 4.79 Å². The zero-order valence-electron chi connectivity index (χ0n) is 21.1. The summed E-state index contributed by atoms with van der Waals surface area (Å²) in [5.74, 6) is -0.119. The van der Waals surface area contributed by atoms with Gasteiger partial charge in [-0.05, 0) is 57.3 Å². The van der Waals surface area contributed by atoms with E-state index in [1.807, 2.05) is 27.7 Å². The number of carbonyl (C=O) groups excluding carboxylic acids is 1. The SMILES string of the molecule is CCC(C)(C)C(C)(C)C(C)(CC(C)(C)C)C(=O)OC(C)(C)CCOC(C)(C)N. The van der Waals surface area contributed by atoms with Crippen molar-refractivity contribution < 1.29 is 14.3 Å². The highest BCUT2D eigenvalue weighted by atomic mass is 16.6. The Morgan fingerprint density at radius 3 is 1.68 bits per heavy atom. The van der Waals surface area contributed by atoms with Gasteiger partial charge in [0.05, 0.1) is 12.0 Å². The molecule has 1 atom stereocenters. The van der Waals surface area contributed by atoms with Gasteiger partial charge in [-0.15, -0.1) is 0 Å². The molecule has 0 rings (SSSR count). The van der Waals surface area contributed by atoms with Crippen molar-refractivity contribution in [1.29, 1.82) is 0 Å². The molecule has 2 N–H and O–H groups in total. The largest absolute Gasteiger partial charge is 0.459 e. The lowest BCUT2D eigenvalue weighted by Crippen LogP contribution is -2.54. The lowest BCUT2D eigenvalue weighted by Gasteiger charge is -2.54. The molecular formula is C24H49NO3. The molecule has 28 heavy (non-hydrogen) atoms. The fourth-order valence-electron chi connectivity index (χ4n) is 3.77. The minimum Gasteiger partial charge on any atom is -0.459 e. The molecule has 0 aromatic heterocycles. The van der Waals surface area contributed by atoms with Gasteiger partial charge >= 0.3 is 5.97 Å². The number of rotatable bonds is 10. The van der Waals surface area contributed by atoms with Crippen molar-refractivity contribution in [2.45, 2.75) is 121 Å². The minimum absolute atomic E-state index is 0.00564. The Bertz CT molecular complexity index is 521. The molecule has 0 spiro atoms. The van der Waals surface area contributed by atoms with E-state index in [2.05, 4.69) is 62.3 Å². The fourth-order valence-corrected chi connectivity index (χ4v) is 3.77. The number of hydrogen-bond acceptors (Lipinski definition) is 4. The van der Waals surface area contributed by atoms with Crippen molar-refractivity contribution in [3.05, 3.63) is 0 Å². The normalized spacial score (nSPS) is 16.6. The van der Waals surface area contributed by atoms with Gasteiger partial charge < -0.3 is 15.2 Å². The topological polar surface area (TPSA) is 61.5 Å². The number of ether oxygens (including phenoxy) is 2. The summed E-state index contributed by atoms with van der Waals surface area (Å²) in [6, 6.07) is 0. The average molecular weight is 400 g/mol. The summed E-state index contributed by atoms with van der Waals surface area (Å²) in [5, 5.41) is 0. The second kappa shape index (κ2) is 8.63. The van der Waals surface area contributed by atoms with E-state index in [1.54, 1.807) is 0 Å². The third-order valence-electron chi connectivity index (χ3n) is 6.84. The molecule has 1 unspecified atom stereocenters. The van der Waals surface area contributed by atoms with Crippen LogP contribution in [-0.2, 0) is 14.3 Å². The highest BCUT2D eigenvalue weighted by molar-refractivity contribution is 5.78. The van der Waals surface area contributed by atoms with Crippen LogP contribution in [0.5, 0.6) is 0 Å². The van der Waals surface area contributed by atoms with Crippen LogP contribution in [0.1, 0.15) is 109 Å². The Morgan fingerprint density at radius 1 is 0.857 bits per heavy atom. The van der Waals surface area contributed by atoms with Crippen molar-refractivity contribution in [3.8, 4) is 0 Å². The number of nitrogens with two attached hydrogens (primary N) is 1. The molecule has 0 aliphatic carbocycles. The van der Waals surface area contributed by atoms with Gasteiger partial charge in [-0.3, -0.25) is 4.79 Å². The molecule has 168 valence electrons. The monoisotopic (exact) mass is 399 g/mol. The molecule has 0 amide bonds. The maximum Gasteiger partial charge on any atom is 0.312 e. The first-order valence-electron chi connectivity index (χ1n) is 10.8. The van der Waals surface area contributed by atoms with Crippen LogP contribution < -0.4 is 5.73 Å². The van der Waals surface area contributed by atoms with E-state index in [-0.39, 0.29) is 22.2 Å². The van der Waals surface area contributed by atoms with Crippen LogP contribution >= 0.6 is 0 Å². The van der Waals surface area contributed by atoms with Gasteiger partial charge in [0.1, 0.15) is 11.3 Å². The van der Waals surface area contributed by atoms with Crippen molar-refractivity contribution in [2.75, 3.05) is 6.61 Å². The van der Waals surface area contributed by atoms with E-state index < -0.39 is 16.7 Å². The first-order valence-corrected chi connectivity index (χ1v) is 10.8. The number of carbonyl (C=O) groups is 1. The molecule has 0 heterocycles. The van der Waals surface area contributed by atoms with Crippen molar-refractivity contribution in [1.82, 2.24) is 0 Å². The average Bonchev–Trinajstić information content (AvgIpc) is 2.42.